The summed E-state index contributed by atoms with van der Waals surface area (Å²) in [6, 6.07) is 10.8. The lowest BCUT2D eigenvalue weighted by Crippen LogP contribution is -2.37. The van der Waals surface area contributed by atoms with Crippen molar-refractivity contribution >= 4 is 17.1 Å². The molecule has 0 aliphatic rings. The number of anilines is 1. The second-order valence-corrected chi connectivity index (χ2v) is 7.32. The Morgan fingerprint density at radius 2 is 1.75 bits per heavy atom. The van der Waals surface area contributed by atoms with E-state index in [-0.39, 0.29) is 11.2 Å². The molecule has 8 nitrogen and oxygen atoms in total. The number of nitrogens with one attached hydrogen (secondary N) is 1. The van der Waals surface area contributed by atoms with Crippen molar-refractivity contribution in [3.63, 3.8) is 0 Å². The van der Waals surface area contributed by atoms with Gasteiger partial charge in [0.25, 0.3) is 5.56 Å². The SMILES string of the molecule is C[C@@H](Cc1ccccc1)N(C)CCNc1nc2c(c(=O)n(C)c(=O)n2C)n1C. The number of benzene rings is 1. The molecule has 2 heterocycles. The van der Waals surface area contributed by atoms with Gasteiger partial charge in [0.05, 0.1) is 0 Å². The Balaban J connectivity index is 1.68. The number of nitrogens with zero attached hydrogens (tertiary/aromatic N) is 5. The van der Waals surface area contributed by atoms with Crippen LogP contribution in [0.1, 0.15) is 12.5 Å². The van der Waals surface area contributed by atoms with Crippen molar-refractivity contribution < 1.29 is 0 Å². The zero-order chi connectivity index (χ0) is 20.4. The zero-order valence-electron chi connectivity index (χ0n) is 17.1. The maximum absolute atomic E-state index is 12.4. The van der Waals surface area contributed by atoms with E-state index in [1.165, 1.54) is 17.2 Å². The third-order valence-electron chi connectivity index (χ3n) is 5.35. The Morgan fingerprint density at radius 1 is 1.07 bits per heavy atom. The molecule has 3 rings (SSSR count). The Labute approximate surface area is 164 Å². The van der Waals surface area contributed by atoms with Crippen LogP contribution in [0.25, 0.3) is 11.2 Å². The third-order valence-corrected chi connectivity index (χ3v) is 5.35. The molecular weight excluding hydrogens is 356 g/mol. The molecular formula is C20H28N6O2. The fraction of sp³-hybridized carbons (Fsp3) is 0.450. The molecule has 0 unspecified atom stereocenters. The number of hydrogen-bond donors (Lipinski definition) is 1. The van der Waals surface area contributed by atoms with Crippen LogP contribution in [-0.4, -0.2) is 49.8 Å². The maximum Gasteiger partial charge on any atom is 0.332 e. The van der Waals surface area contributed by atoms with Gasteiger partial charge >= 0.3 is 5.69 Å². The molecule has 3 aromatic rings. The normalized spacial score (nSPS) is 12.6. The summed E-state index contributed by atoms with van der Waals surface area (Å²) in [5.41, 5.74) is 1.41. The number of rotatable bonds is 7. The number of likely N-dealkylation sites (N-methyl/N-ethyl adjacent to an activating group) is 1. The molecule has 0 radical (unpaired) electrons. The van der Waals surface area contributed by atoms with Gasteiger partial charge in [-0.25, -0.2) is 4.79 Å². The first-order valence-electron chi connectivity index (χ1n) is 9.41. The minimum Gasteiger partial charge on any atom is -0.354 e. The van der Waals surface area contributed by atoms with E-state index in [1.54, 1.807) is 18.7 Å². The van der Waals surface area contributed by atoms with Gasteiger partial charge in [-0.05, 0) is 26.0 Å². The highest BCUT2D eigenvalue weighted by Crippen LogP contribution is 2.13. The highest BCUT2D eigenvalue weighted by molar-refractivity contribution is 5.74. The first-order chi connectivity index (χ1) is 13.3. The molecule has 150 valence electrons. The summed E-state index contributed by atoms with van der Waals surface area (Å²) in [6.45, 7) is 3.72. The van der Waals surface area contributed by atoms with Crippen LogP contribution in [0.15, 0.2) is 39.9 Å². The minimum atomic E-state index is -0.378. The molecule has 1 atom stereocenters. The van der Waals surface area contributed by atoms with E-state index in [0.717, 1.165) is 17.5 Å². The van der Waals surface area contributed by atoms with Crippen molar-refractivity contribution in [1.82, 2.24) is 23.6 Å². The lowest BCUT2D eigenvalue weighted by Gasteiger charge is -2.25. The third kappa shape index (κ3) is 3.73. The van der Waals surface area contributed by atoms with Crippen LogP contribution in [0, 0.1) is 0 Å². The summed E-state index contributed by atoms with van der Waals surface area (Å²) in [6.07, 6.45) is 0.988. The van der Waals surface area contributed by atoms with Crippen LogP contribution in [0.2, 0.25) is 0 Å². The quantitative estimate of drug-likeness (QED) is 0.656. The molecule has 0 fully saturated rings. The summed E-state index contributed by atoms with van der Waals surface area (Å²) < 4.78 is 4.22. The number of fused-ring (bicyclic) bond motifs is 1. The van der Waals surface area contributed by atoms with Crippen LogP contribution < -0.4 is 16.6 Å². The average Bonchev–Trinajstić information content (AvgIpc) is 3.02. The molecule has 0 bridgehead atoms. The topological polar surface area (TPSA) is 77.1 Å². The predicted octanol–water partition coefficient (Wildman–Crippen LogP) is 0.946. The number of imidazole rings is 1. The summed E-state index contributed by atoms with van der Waals surface area (Å²) in [5.74, 6) is 0.581. The first-order valence-corrected chi connectivity index (χ1v) is 9.41. The first kappa shape index (κ1) is 19.9. The maximum atomic E-state index is 12.4. The van der Waals surface area contributed by atoms with E-state index >= 15 is 0 Å². The molecule has 2 aromatic heterocycles. The van der Waals surface area contributed by atoms with Crippen LogP contribution in [-0.2, 0) is 27.6 Å². The average molecular weight is 384 g/mol. The summed E-state index contributed by atoms with van der Waals surface area (Å²) >= 11 is 0. The molecule has 0 aliphatic heterocycles. The minimum absolute atomic E-state index is 0.338. The fourth-order valence-electron chi connectivity index (χ4n) is 3.35. The summed E-state index contributed by atoms with van der Waals surface area (Å²) in [5, 5.41) is 3.29. The van der Waals surface area contributed by atoms with Gasteiger partial charge in [-0.3, -0.25) is 13.9 Å². The fourth-order valence-corrected chi connectivity index (χ4v) is 3.35. The van der Waals surface area contributed by atoms with Crippen LogP contribution in [0.5, 0.6) is 0 Å². The van der Waals surface area contributed by atoms with Crippen molar-refractivity contribution in [2.24, 2.45) is 21.1 Å². The van der Waals surface area contributed by atoms with Crippen LogP contribution in [0.3, 0.4) is 0 Å². The lowest BCUT2D eigenvalue weighted by molar-refractivity contribution is 0.265. The van der Waals surface area contributed by atoms with E-state index in [1.807, 2.05) is 6.07 Å². The zero-order valence-corrected chi connectivity index (χ0v) is 17.1. The largest absolute Gasteiger partial charge is 0.354 e. The van der Waals surface area contributed by atoms with Crippen molar-refractivity contribution in [1.29, 1.82) is 0 Å². The van der Waals surface area contributed by atoms with E-state index in [4.69, 9.17) is 0 Å². The van der Waals surface area contributed by atoms with Crippen molar-refractivity contribution in [2.75, 3.05) is 25.5 Å². The van der Waals surface area contributed by atoms with Gasteiger partial charge < -0.3 is 14.8 Å². The molecule has 1 N–H and O–H groups in total. The number of aromatic nitrogens is 4. The van der Waals surface area contributed by atoms with Gasteiger partial charge in [0.1, 0.15) is 0 Å². The standard InChI is InChI=1S/C20H28N6O2/c1-14(13-15-9-7-6-8-10-15)23(2)12-11-21-19-22-17-16(24(19)3)18(27)26(5)20(28)25(17)4/h6-10,14H,11-13H2,1-5H3,(H,21,22)/t14-/m0/s1. The smallest absolute Gasteiger partial charge is 0.332 e. The number of aryl methyl sites for hydroxylation is 2. The predicted molar refractivity (Wildman–Crippen MR) is 112 cm³/mol. The van der Waals surface area contributed by atoms with Crippen molar-refractivity contribution in [3.05, 3.63) is 56.7 Å². The lowest BCUT2D eigenvalue weighted by atomic mass is 10.1. The molecule has 0 amide bonds. The molecule has 0 aliphatic carbocycles. The van der Waals surface area contributed by atoms with Crippen LogP contribution in [0.4, 0.5) is 5.95 Å². The summed E-state index contributed by atoms with van der Waals surface area (Å²) in [4.78, 5) is 31.3. The van der Waals surface area contributed by atoms with Crippen LogP contribution >= 0.6 is 0 Å². The van der Waals surface area contributed by atoms with Gasteiger partial charge in [-0.15, -0.1) is 0 Å². The van der Waals surface area contributed by atoms with Gasteiger partial charge in [-0.2, -0.15) is 4.98 Å². The molecule has 28 heavy (non-hydrogen) atoms. The molecule has 1 aromatic carbocycles. The second kappa shape index (κ2) is 8.02. The second-order valence-electron chi connectivity index (χ2n) is 7.32. The van der Waals surface area contributed by atoms with E-state index < -0.39 is 0 Å². The Bertz CT molecular complexity index is 1080. The Kier molecular flexibility index (Phi) is 5.69. The molecule has 0 saturated carbocycles. The number of hydrogen-bond acceptors (Lipinski definition) is 5. The summed E-state index contributed by atoms with van der Waals surface area (Å²) in [7, 11) is 6.99. The van der Waals surface area contributed by atoms with E-state index in [2.05, 4.69) is 53.4 Å². The molecule has 8 heteroatoms. The highest BCUT2D eigenvalue weighted by atomic mass is 16.2. The van der Waals surface area contributed by atoms with Gasteiger partial charge in [-0.1, -0.05) is 30.3 Å². The van der Waals surface area contributed by atoms with Gasteiger partial charge in [0.2, 0.25) is 5.95 Å². The van der Waals surface area contributed by atoms with Gasteiger partial charge in [0.15, 0.2) is 11.2 Å². The van der Waals surface area contributed by atoms with Gasteiger partial charge in [0, 0.05) is 40.3 Å². The molecule has 0 spiro atoms. The Morgan fingerprint density at radius 3 is 2.43 bits per heavy atom. The van der Waals surface area contributed by atoms with E-state index in [9.17, 15) is 9.59 Å². The Hall–Kier alpha value is -2.87. The van der Waals surface area contributed by atoms with Crippen molar-refractivity contribution in [3.8, 4) is 0 Å². The van der Waals surface area contributed by atoms with E-state index in [0.29, 0.717) is 29.7 Å². The van der Waals surface area contributed by atoms with Crippen molar-refractivity contribution in [2.45, 2.75) is 19.4 Å². The monoisotopic (exact) mass is 384 g/mol. The highest BCUT2D eigenvalue weighted by Gasteiger charge is 2.17. The molecule has 0 saturated heterocycles.